The number of nitrogens with one attached hydrogen (secondary N) is 2. The van der Waals surface area contributed by atoms with Crippen molar-refractivity contribution < 1.29 is 40.7 Å². The van der Waals surface area contributed by atoms with Gasteiger partial charge in [0.2, 0.25) is 10.0 Å². The molecule has 0 saturated heterocycles. The molecule has 0 spiro atoms. The lowest BCUT2D eigenvalue weighted by Gasteiger charge is -2.43. The molecule has 4 aromatic rings. The summed E-state index contributed by atoms with van der Waals surface area (Å²) >= 11 is 0. The third-order valence-electron chi connectivity index (χ3n) is 10.5. The van der Waals surface area contributed by atoms with Gasteiger partial charge in [-0.25, -0.2) is 13.2 Å². The molecule has 0 aliphatic rings. The summed E-state index contributed by atoms with van der Waals surface area (Å²) in [6, 6.07) is 32.1. The molecule has 0 fully saturated rings. The van der Waals surface area contributed by atoms with Gasteiger partial charge in [0.05, 0.1) is 43.5 Å². The van der Waals surface area contributed by atoms with Crippen LogP contribution in [-0.4, -0.2) is 71.6 Å². The molecule has 0 unspecified atom stereocenters. The first-order valence-corrected chi connectivity index (χ1v) is 27.2. The minimum absolute atomic E-state index is 0.0202. The van der Waals surface area contributed by atoms with Crippen LogP contribution in [0.2, 0.25) is 18.1 Å². The van der Waals surface area contributed by atoms with E-state index in [4.69, 9.17) is 22.9 Å². The molecule has 4 rings (SSSR count). The first-order chi connectivity index (χ1) is 29.0. The van der Waals surface area contributed by atoms with Gasteiger partial charge in [0, 0.05) is 25.3 Å². The van der Waals surface area contributed by atoms with Gasteiger partial charge in [-0.2, -0.15) is 4.31 Å². The van der Waals surface area contributed by atoms with Gasteiger partial charge in [0.15, 0.2) is 8.32 Å². The summed E-state index contributed by atoms with van der Waals surface area (Å²) in [5.41, 5.74) is 2.43. The normalized spacial score (nSPS) is 13.8. The Labute approximate surface area is 371 Å². The van der Waals surface area contributed by atoms with E-state index in [0.29, 0.717) is 11.4 Å². The first kappa shape index (κ1) is 50.6. The van der Waals surface area contributed by atoms with E-state index in [0.717, 1.165) is 16.7 Å². The second-order valence-corrected chi connectivity index (χ2v) is 27.2. The number of nitrogens with zero attached hydrogens (tertiary/aromatic N) is 1. The molecule has 4 aromatic carbocycles. The fraction of sp³-hybridized carbons (Fsp3) is 0.468. The van der Waals surface area contributed by atoms with Crippen LogP contribution in [0.15, 0.2) is 114 Å². The fourth-order valence-electron chi connectivity index (χ4n) is 6.11. The van der Waals surface area contributed by atoms with Crippen molar-refractivity contribution in [1.82, 2.24) is 9.62 Å². The zero-order valence-electron chi connectivity index (χ0n) is 38.3. The van der Waals surface area contributed by atoms with Crippen molar-refractivity contribution in [2.24, 2.45) is 5.92 Å². The van der Waals surface area contributed by atoms with Crippen molar-refractivity contribution in [1.29, 1.82) is 0 Å². The predicted octanol–water partition coefficient (Wildman–Crippen LogP) is 10.9. The van der Waals surface area contributed by atoms with E-state index in [9.17, 15) is 17.8 Å². The number of sulfonamides is 1. The number of alkyl carbamates (subject to hydrolysis) is 1. The monoisotopic (exact) mass is 909 g/mol. The molecule has 2 atom stereocenters. The summed E-state index contributed by atoms with van der Waals surface area (Å²) in [5, 5.41) is 6.26. The van der Waals surface area contributed by atoms with Crippen LogP contribution < -0.4 is 15.4 Å². The highest BCUT2D eigenvalue weighted by molar-refractivity contribution is 7.89. The molecular formula is C47H68N3O9PSSi. The Morgan fingerprint density at radius 3 is 1.76 bits per heavy atom. The van der Waals surface area contributed by atoms with Gasteiger partial charge >= 0.3 is 13.7 Å². The standard InChI is InChI=1S/C47H68N3O9PSSi/c1-36(2)31-50(61(53,54)42-28-26-41(55-9)27-29-42)32-44(59-62(10,11)47(6,7)8)43(49-45(51)58-46(3,4)5)30-48-40-24-22-39(23-25-40)35-60(52,56-33-37-18-14-12-15-19-37)57-34-38-20-16-13-17-21-38/h12-29,36,43-44,48H,30-35H2,1-11H3,(H,49,51)/t43-,44-/m0/s1. The number of carbonyl (C=O) groups excluding carboxylic acids is 1. The van der Waals surface area contributed by atoms with Crippen LogP contribution in [0.3, 0.4) is 0 Å². The minimum atomic E-state index is -4.02. The van der Waals surface area contributed by atoms with Crippen molar-refractivity contribution in [2.45, 2.75) is 116 Å². The molecule has 0 aliphatic heterocycles. The number of carbonyl (C=O) groups is 1. The number of hydrogen-bond acceptors (Lipinski definition) is 10. The minimum Gasteiger partial charge on any atom is -0.497 e. The van der Waals surface area contributed by atoms with E-state index < -0.39 is 49.8 Å². The van der Waals surface area contributed by atoms with Crippen molar-refractivity contribution in [2.75, 3.05) is 32.1 Å². The molecule has 0 bridgehead atoms. The maximum Gasteiger partial charge on any atom is 0.408 e. The summed E-state index contributed by atoms with van der Waals surface area (Å²) in [6.45, 7) is 20.4. The van der Waals surface area contributed by atoms with Crippen LogP contribution >= 0.6 is 7.60 Å². The molecule has 0 heterocycles. The Morgan fingerprint density at radius 1 is 0.758 bits per heavy atom. The number of benzene rings is 4. The molecule has 1 amide bonds. The van der Waals surface area contributed by atoms with Crippen LogP contribution in [0.4, 0.5) is 10.5 Å². The van der Waals surface area contributed by atoms with Crippen LogP contribution in [0.1, 0.15) is 72.1 Å². The molecule has 2 N–H and O–H groups in total. The van der Waals surface area contributed by atoms with E-state index >= 15 is 0 Å². The van der Waals surface area contributed by atoms with Crippen molar-refractivity contribution >= 4 is 37.7 Å². The van der Waals surface area contributed by atoms with Crippen LogP contribution in [0, 0.1) is 5.92 Å². The Balaban J connectivity index is 1.64. The zero-order chi connectivity index (χ0) is 45.8. The maximum atomic E-state index is 14.4. The lowest BCUT2D eigenvalue weighted by molar-refractivity contribution is 0.0425. The van der Waals surface area contributed by atoms with Gasteiger partial charge in [-0.3, -0.25) is 4.57 Å². The number of ether oxygens (including phenoxy) is 2. The Bertz CT molecular complexity index is 2100. The first-order valence-electron chi connectivity index (χ1n) is 21.1. The molecule has 62 heavy (non-hydrogen) atoms. The Kier molecular flexibility index (Phi) is 18.0. The van der Waals surface area contributed by atoms with Gasteiger partial charge < -0.3 is 33.6 Å². The average Bonchev–Trinajstić information content (AvgIpc) is 3.20. The predicted molar refractivity (Wildman–Crippen MR) is 251 cm³/mol. The smallest absolute Gasteiger partial charge is 0.408 e. The maximum absolute atomic E-state index is 14.4. The molecule has 0 aliphatic carbocycles. The summed E-state index contributed by atoms with van der Waals surface area (Å²) in [5.74, 6) is 0.522. The topological polar surface area (TPSA) is 142 Å². The van der Waals surface area contributed by atoms with Crippen LogP contribution in [0.5, 0.6) is 5.75 Å². The molecule has 15 heteroatoms. The molecule has 0 saturated carbocycles. The summed E-state index contributed by atoms with van der Waals surface area (Å²) in [6.07, 6.45) is -1.40. The summed E-state index contributed by atoms with van der Waals surface area (Å²) in [7, 11) is -8.70. The highest BCUT2D eigenvalue weighted by atomic mass is 32.2. The second-order valence-electron chi connectivity index (χ2n) is 18.4. The largest absolute Gasteiger partial charge is 0.497 e. The molecule has 0 aromatic heterocycles. The number of hydrogen-bond donors (Lipinski definition) is 2. The highest BCUT2D eigenvalue weighted by Crippen LogP contribution is 2.53. The summed E-state index contributed by atoms with van der Waals surface area (Å²) < 4.78 is 74.7. The third-order valence-corrected chi connectivity index (χ3v) is 18.6. The molecular weight excluding hydrogens is 842 g/mol. The lowest BCUT2D eigenvalue weighted by atomic mass is 10.1. The van der Waals surface area contributed by atoms with Crippen molar-refractivity contribution in [3.63, 3.8) is 0 Å². The lowest BCUT2D eigenvalue weighted by Crippen LogP contribution is -2.58. The zero-order valence-corrected chi connectivity index (χ0v) is 41.1. The van der Waals surface area contributed by atoms with Gasteiger partial charge in [0.1, 0.15) is 11.4 Å². The van der Waals surface area contributed by atoms with E-state index in [1.165, 1.54) is 23.5 Å². The van der Waals surface area contributed by atoms with Gasteiger partial charge in [0.25, 0.3) is 0 Å². The third kappa shape index (κ3) is 16.0. The van der Waals surface area contributed by atoms with Crippen LogP contribution in [-0.2, 0) is 52.2 Å². The van der Waals surface area contributed by atoms with E-state index in [1.807, 2.05) is 98.8 Å². The Morgan fingerprint density at radius 2 is 1.29 bits per heavy atom. The fourth-order valence-corrected chi connectivity index (χ4v) is 10.7. The quantitative estimate of drug-likeness (QED) is 0.0578. The highest BCUT2D eigenvalue weighted by Gasteiger charge is 2.43. The number of amides is 1. The van der Waals surface area contributed by atoms with Gasteiger partial charge in [-0.1, -0.05) is 107 Å². The molecule has 0 radical (unpaired) electrons. The summed E-state index contributed by atoms with van der Waals surface area (Å²) in [4.78, 5) is 13.7. The van der Waals surface area contributed by atoms with E-state index in [-0.39, 0.29) is 54.9 Å². The van der Waals surface area contributed by atoms with Crippen LogP contribution in [0.25, 0.3) is 0 Å². The SMILES string of the molecule is COc1ccc(S(=O)(=O)N(CC(C)C)C[C@H](O[Si](C)(C)C(C)(C)C)[C@H](CNc2ccc(CP(=O)(OCc3ccccc3)OCc3ccccc3)cc2)NC(=O)OC(C)(C)C)cc1. The second kappa shape index (κ2) is 22.1. The van der Waals surface area contributed by atoms with Crippen molar-refractivity contribution in [3.8, 4) is 5.75 Å². The van der Waals surface area contributed by atoms with Gasteiger partial charge in [-0.05, 0) is 97.9 Å². The molecule has 340 valence electrons. The average molecular weight is 910 g/mol. The number of methoxy groups -OCH3 is 1. The van der Waals surface area contributed by atoms with Gasteiger partial charge in [-0.15, -0.1) is 0 Å². The van der Waals surface area contributed by atoms with E-state index in [2.05, 4.69) is 44.5 Å². The molecule has 12 nitrogen and oxygen atoms in total. The van der Waals surface area contributed by atoms with Crippen molar-refractivity contribution in [3.05, 3.63) is 126 Å². The number of rotatable bonds is 22. The Hall–Kier alpha value is -4.01. The number of anilines is 1. The van der Waals surface area contributed by atoms with E-state index in [1.54, 1.807) is 32.9 Å².